The third-order valence-electron chi connectivity index (χ3n) is 6.82. The Morgan fingerprint density at radius 2 is 1.72 bits per heavy atom. The number of nitrogens with one attached hydrogen (secondary N) is 2. The number of carbonyl (C=O) groups excluding carboxylic acids is 3. The molecule has 3 amide bonds. The molecule has 0 spiro atoms. The molecule has 0 aromatic heterocycles. The van der Waals surface area contributed by atoms with E-state index in [0.717, 1.165) is 49.7 Å². The highest BCUT2D eigenvalue weighted by Crippen LogP contribution is 2.27. The average molecular weight is 544 g/mol. The van der Waals surface area contributed by atoms with Crippen molar-refractivity contribution in [2.24, 2.45) is 5.92 Å². The van der Waals surface area contributed by atoms with Crippen LogP contribution in [-0.2, 0) is 14.3 Å². The van der Waals surface area contributed by atoms with E-state index >= 15 is 0 Å². The van der Waals surface area contributed by atoms with Gasteiger partial charge in [-0.2, -0.15) is 0 Å². The lowest BCUT2D eigenvalue weighted by Crippen LogP contribution is -2.55. The van der Waals surface area contributed by atoms with Crippen molar-refractivity contribution >= 4 is 24.0 Å². The zero-order valence-corrected chi connectivity index (χ0v) is 25.6. The van der Waals surface area contributed by atoms with Crippen molar-refractivity contribution in [3.63, 3.8) is 0 Å². The number of ether oxygens (including phenoxy) is 1. The van der Waals surface area contributed by atoms with Crippen LogP contribution >= 0.6 is 0 Å². The van der Waals surface area contributed by atoms with Crippen molar-refractivity contribution < 1.29 is 19.1 Å². The number of alkyl carbamates (subject to hydrolysis) is 1. The molecule has 0 heterocycles. The summed E-state index contributed by atoms with van der Waals surface area (Å²) in [5.41, 5.74) is 0.893. The van der Waals surface area contributed by atoms with Gasteiger partial charge in [0.2, 0.25) is 11.8 Å². The van der Waals surface area contributed by atoms with E-state index in [0.29, 0.717) is 13.0 Å². The van der Waals surface area contributed by atoms with Gasteiger partial charge >= 0.3 is 6.09 Å². The van der Waals surface area contributed by atoms with Crippen molar-refractivity contribution in [1.29, 1.82) is 0 Å². The van der Waals surface area contributed by atoms with E-state index in [9.17, 15) is 14.4 Å². The van der Waals surface area contributed by atoms with Crippen molar-refractivity contribution in [3.8, 4) is 0 Å². The molecule has 1 rings (SSSR count). The highest BCUT2D eigenvalue weighted by Gasteiger charge is 2.38. The molecule has 7 nitrogen and oxygen atoms in total. The van der Waals surface area contributed by atoms with Crippen LogP contribution in [0.1, 0.15) is 118 Å². The third kappa shape index (κ3) is 11.8. The zero-order chi connectivity index (χ0) is 29.6. The van der Waals surface area contributed by atoms with Crippen molar-refractivity contribution in [3.05, 3.63) is 42.0 Å². The smallest absolute Gasteiger partial charge is 0.408 e. The van der Waals surface area contributed by atoms with Gasteiger partial charge in [-0.3, -0.25) is 9.59 Å². The largest absolute Gasteiger partial charge is 0.444 e. The first-order valence-corrected chi connectivity index (χ1v) is 14.7. The van der Waals surface area contributed by atoms with Crippen molar-refractivity contribution in [2.45, 2.75) is 124 Å². The maximum absolute atomic E-state index is 14.3. The van der Waals surface area contributed by atoms with E-state index in [4.69, 9.17) is 4.74 Å². The topological polar surface area (TPSA) is 87.7 Å². The fraction of sp³-hybridized carbons (Fsp3) is 0.656. The number of hydrogen-bond donors (Lipinski definition) is 2. The lowest BCUT2D eigenvalue weighted by atomic mass is 9.94. The Morgan fingerprint density at radius 3 is 2.28 bits per heavy atom. The molecule has 7 heteroatoms. The van der Waals surface area contributed by atoms with Crippen LogP contribution in [-0.4, -0.2) is 47.0 Å². The Balaban J connectivity index is 3.58. The molecule has 0 radical (unpaired) electrons. The Labute approximate surface area is 237 Å². The minimum Gasteiger partial charge on any atom is -0.444 e. The van der Waals surface area contributed by atoms with Gasteiger partial charge in [0.05, 0.1) is 0 Å². The molecule has 0 bridgehead atoms. The predicted molar refractivity (Wildman–Crippen MR) is 160 cm³/mol. The van der Waals surface area contributed by atoms with Crippen LogP contribution in [0.2, 0.25) is 0 Å². The number of nitrogens with zero attached hydrogens (tertiary/aromatic N) is 1. The van der Waals surface area contributed by atoms with Gasteiger partial charge < -0.3 is 20.3 Å². The first-order valence-electron chi connectivity index (χ1n) is 14.7. The second-order valence-corrected chi connectivity index (χ2v) is 11.6. The lowest BCUT2D eigenvalue weighted by Gasteiger charge is -2.36. The third-order valence-corrected chi connectivity index (χ3v) is 6.82. The summed E-state index contributed by atoms with van der Waals surface area (Å²) in [6.45, 7) is 19.8. The van der Waals surface area contributed by atoms with Crippen LogP contribution in [0, 0.1) is 5.92 Å². The Bertz CT molecular complexity index is 924. The van der Waals surface area contributed by atoms with Gasteiger partial charge in [0.25, 0.3) is 0 Å². The molecule has 39 heavy (non-hydrogen) atoms. The zero-order valence-electron chi connectivity index (χ0n) is 25.6. The SMILES string of the molecule is C=Cc1cccc(C(C(=O)NC(C)CCC)N(CCCCCC)C(=O)C(NC(=O)OC(C)(C)C)C(C)CC)c1. The second kappa shape index (κ2) is 17.0. The summed E-state index contributed by atoms with van der Waals surface area (Å²) in [7, 11) is 0. The molecule has 0 aliphatic heterocycles. The maximum Gasteiger partial charge on any atom is 0.408 e. The van der Waals surface area contributed by atoms with Crippen LogP contribution in [0.5, 0.6) is 0 Å². The number of unbranched alkanes of at least 4 members (excludes halogenated alkanes) is 3. The normalized spacial score (nSPS) is 14.5. The average Bonchev–Trinajstić information content (AvgIpc) is 2.87. The minimum absolute atomic E-state index is 0.0325. The Kier molecular flexibility index (Phi) is 14.9. The summed E-state index contributed by atoms with van der Waals surface area (Å²) in [6, 6.07) is 5.89. The van der Waals surface area contributed by atoms with E-state index < -0.39 is 23.8 Å². The molecule has 1 aromatic rings. The highest BCUT2D eigenvalue weighted by atomic mass is 16.6. The van der Waals surface area contributed by atoms with E-state index in [1.54, 1.807) is 31.7 Å². The van der Waals surface area contributed by atoms with Crippen molar-refractivity contribution in [2.75, 3.05) is 6.54 Å². The molecule has 4 unspecified atom stereocenters. The van der Waals surface area contributed by atoms with Crippen molar-refractivity contribution in [1.82, 2.24) is 15.5 Å². The first-order chi connectivity index (χ1) is 18.4. The van der Waals surface area contributed by atoms with Gasteiger partial charge in [0, 0.05) is 12.6 Å². The molecular formula is C32H53N3O4. The monoisotopic (exact) mass is 543 g/mol. The van der Waals surface area contributed by atoms with Gasteiger partial charge in [-0.15, -0.1) is 0 Å². The molecule has 220 valence electrons. The Morgan fingerprint density at radius 1 is 1.03 bits per heavy atom. The van der Waals surface area contributed by atoms with Crippen LogP contribution in [0.3, 0.4) is 0 Å². The summed E-state index contributed by atoms with van der Waals surface area (Å²) in [5.74, 6) is -0.662. The molecule has 0 aliphatic carbocycles. The summed E-state index contributed by atoms with van der Waals surface area (Å²) in [5, 5.41) is 5.97. The summed E-state index contributed by atoms with van der Waals surface area (Å²) >= 11 is 0. The fourth-order valence-electron chi connectivity index (χ4n) is 4.53. The molecule has 1 aromatic carbocycles. The van der Waals surface area contributed by atoms with Crippen LogP contribution in [0.4, 0.5) is 4.79 Å². The molecule has 0 aliphatic rings. The summed E-state index contributed by atoms with van der Waals surface area (Å²) in [6.07, 6.45) is 7.35. The van der Waals surface area contributed by atoms with Gasteiger partial charge in [-0.1, -0.05) is 90.7 Å². The van der Waals surface area contributed by atoms with Gasteiger partial charge in [0.15, 0.2) is 0 Å². The standard InChI is InChI=1S/C32H53N3O4/c1-10-14-15-16-21-35(30(37)27(23(5)12-3)34-31(38)39-32(7,8)9)28(29(36)33-24(6)18-11-2)26-20-17-19-25(13-4)22-26/h13,17,19-20,22-24,27-28H,4,10-12,14-16,18,21H2,1-3,5-9H3,(H,33,36)(H,34,38). The lowest BCUT2D eigenvalue weighted by molar-refractivity contribution is -0.143. The van der Waals surface area contributed by atoms with E-state index in [-0.39, 0.29) is 23.8 Å². The molecule has 0 saturated carbocycles. The first kappa shape index (κ1) is 34.2. The number of rotatable bonds is 16. The van der Waals surface area contributed by atoms with Gasteiger partial charge in [-0.25, -0.2) is 4.79 Å². The fourth-order valence-corrected chi connectivity index (χ4v) is 4.53. The highest BCUT2D eigenvalue weighted by molar-refractivity contribution is 5.92. The number of benzene rings is 1. The summed E-state index contributed by atoms with van der Waals surface area (Å²) in [4.78, 5) is 42.7. The number of amides is 3. The van der Waals surface area contributed by atoms with E-state index in [1.807, 2.05) is 45.0 Å². The predicted octanol–water partition coefficient (Wildman–Crippen LogP) is 7.02. The molecule has 2 N–H and O–H groups in total. The van der Waals surface area contributed by atoms with Gasteiger partial charge in [-0.05, 0) is 63.6 Å². The number of carbonyl (C=O) groups is 3. The molecular weight excluding hydrogens is 490 g/mol. The summed E-state index contributed by atoms with van der Waals surface area (Å²) < 4.78 is 5.50. The molecule has 0 fully saturated rings. The van der Waals surface area contributed by atoms with Crippen LogP contribution < -0.4 is 10.6 Å². The van der Waals surface area contributed by atoms with Crippen LogP contribution in [0.15, 0.2) is 30.8 Å². The number of hydrogen-bond acceptors (Lipinski definition) is 4. The van der Waals surface area contributed by atoms with Crippen LogP contribution in [0.25, 0.3) is 6.08 Å². The maximum atomic E-state index is 14.3. The minimum atomic E-state index is -0.842. The Hall–Kier alpha value is -2.83. The quantitative estimate of drug-likeness (QED) is 0.219. The molecule has 4 atom stereocenters. The van der Waals surface area contributed by atoms with Gasteiger partial charge in [0.1, 0.15) is 17.7 Å². The van der Waals surface area contributed by atoms with E-state index in [2.05, 4.69) is 31.1 Å². The van der Waals surface area contributed by atoms with E-state index in [1.165, 1.54) is 0 Å². The second-order valence-electron chi connectivity index (χ2n) is 11.6. The molecule has 0 saturated heterocycles.